The van der Waals surface area contributed by atoms with Crippen LogP contribution in [0.2, 0.25) is 5.02 Å². The third kappa shape index (κ3) is 4.69. The van der Waals surface area contributed by atoms with Crippen LogP contribution in [0.5, 0.6) is 0 Å². The highest BCUT2D eigenvalue weighted by Crippen LogP contribution is 2.33. The number of halogens is 4. The van der Waals surface area contributed by atoms with Gasteiger partial charge in [-0.3, -0.25) is 9.67 Å². The summed E-state index contributed by atoms with van der Waals surface area (Å²) in [6.45, 7) is -2.41. The van der Waals surface area contributed by atoms with Gasteiger partial charge in [0.1, 0.15) is 5.69 Å². The minimum Gasteiger partial charge on any atom is -0.398 e. The molecule has 3 heterocycles. The molecule has 0 amide bonds. The molecular weight excluding hydrogens is 459 g/mol. The minimum absolute atomic E-state index is 0.0332. The molecule has 1 aromatic carbocycles. The molecule has 1 atom stereocenters. The summed E-state index contributed by atoms with van der Waals surface area (Å²) in [5, 5.41) is 11.6. The van der Waals surface area contributed by atoms with Gasteiger partial charge in [0.2, 0.25) is 0 Å². The fourth-order valence-corrected chi connectivity index (χ4v) is 3.55. The molecule has 172 valence electrons. The van der Waals surface area contributed by atoms with Crippen molar-refractivity contribution in [3.8, 4) is 22.4 Å². The number of anilines is 1. The second kappa shape index (κ2) is 9.59. The van der Waals surface area contributed by atoms with E-state index in [0.29, 0.717) is 34.6 Å². The highest BCUT2D eigenvalue weighted by atomic mass is 35.5. The van der Waals surface area contributed by atoms with Gasteiger partial charge in [-0.05, 0) is 24.6 Å². The van der Waals surface area contributed by atoms with Crippen LogP contribution in [-0.4, -0.2) is 43.5 Å². The van der Waals surface area contributed by atoms with Crippen LogP contribution in [0.4, 0.5) is 18.9 Å². The summed E-state index contributed by atoms with van der Waals surface area (Å²) in [5.74, 6) is -0.615. The second-order valence-corrected chi connectivity index (χ2v) is 7.54. The topological polar surface area (TPSA) is 96.7 Å². The number of nitrogen functional groups attached to an aromatic ring is 1. The molecule has 4 aromatic rings. The summed E-state index contributed by atoms with van der Waals surface area (Å²) in [6.07, 6.45) is 6.47. The summed E-state index contributed by atoms with van der Waals surface area (Å²) < 4.78 is 46.9. The maximum absolute atomic E-state index is 14.5. The maximum atomic E-state index is 14.5. The average Bonchev–Trinajstić information content (AvgIpc) is 3.48. The van der Waals surface area contributed by atoms with Crippen LogP contribution in [0.3, 0.4) is 0 Å². The number of hydrogen-bond acceptors (Lipinski definition) is 6. The van der Waals surface area contributed by atoms with Gasteiger partial charge in [0.15, 0.2) is 5.82 Å². The van der Waals surface area contributed by atoms with E-state index >= 15 is 0 Å². The van der Waals surface area contributed by atoms with Crippen molar-refractivity contribution in [3.05, 3.63) is 65.6 Å². The zero-order valence-electron chi connectivity index (χ0n) is 17.4. The monoisotopic (exact) mass is 477 g/mol. The first-order valence-corrected chi connectivity index (χ1v) is 10.2. The number of nitrogens with zero attached hydrogens (tertiary/aromatic N) is 6. The van der Waals surface area contributed by atoms with E-state index in [-0.39, 0.29) is 28.0 Å². The lowest BCUT2D eigenvalue weighted by molar-refractivity contribution is 0.0415. The number of methoxy groups -OCH3 is 1. The molecule has 3 aromatic heterocycles. The summed E-state index contributed by atoms with van der Waals surface area (Å²) in [7, 11) is 1.58. The Hall–Kier alpha value is -3.44. The first kappa shape index (κ1) is 22.7. The fraction of sp³-hybridized carbons (Fsp3) is 0.238. The number of pyridine rings is 1. The van der Waals surface area contributed by atoms with Gasteiger partial charge in [-0.1, -0.05) is 17.7 Å². The molecule has 4 rings (SSSR count). The first-order valence-electron chi connectivity index (χ1n) is 9.82. The van der Waals surface area contributed by atoms with Gasteiger partial charge in [-0.25, -0.2) is 4.39 Å². The lowest BCUT2D eigenvalue weighted by Crippen LogP contribution is -2.15. The number of hydrogen-bond donors (Lipinski definition) is 1. The van der Waals surface area contributed by atoms with Crippen LogP contribution in [0.15, 0.2) is 49.1 Å². The van der Waals surface area contributed by atoms with Crippen molar-refractivity contribution in [2.75, 3.05) is 19.5 Å². The standard InChI is InChI=1S/C21H19ClF3N7O/c1-33-7-6-18(31-11-13(9-28-31)17-10-29-32(30-17)21(24)25)16-5-2-12(8-27-16)19-15(26)4-3-14(22)20(19)23/h2-5,8-11,18,21H,6-7,26H2,1H3. The van der Waals surface area contributed by atoms with E-state index in [4.69, 9.17) is 22.1 Å². The van der Waals surface area contributed by atoms with Crippen LogP contribution < -0.4 is 5.73 Å². The van der Waals surface area contributed by atoms with Gasteiger partial charge in [0.25, 0.3) is 0 Å². The van der Waals surface area contributed by atoms with Crippen LogP contribution in [0, 0.1) is 5.82 Å². The summed E-state index contributed by atoms with van der Waals surface area (Å²) in [6, 6.07) is 6.04. The van der Waals surface area contributed by atoms with Crippen molar-refractivity contribution in [2.45, 2.75) is 19.0 Å². The summed E-state index contributed by atoms with van der Waals surface area (Å²) in [4.78, 5) is 4.82. The third-order valence-electron chi connectivity index (χ3n) is 5.04. The molecule has 0 saturated heterocycles. The number of benzene rings is 1. The van der Waals surface area contributed by atoms with Crippen LogP contribution in [-0.2, 0) is 4.74 Å². The molecule has 0 bridgehead atoms. The van der Waals surface area contributed by atoms with Crippen LogP contribution in [0.25, 0.3) is 22.4 Å². The lowest BCUT2D eigenvalue weighted by atomic mass is 10.0. The summed E-state index contributed by atoms with van der Waals surface area (Å²) in [5.41, 5.74) is 8.27. The third-order valence-corrected chi connectivity index (χ3v) is 5.33. The van der Waals surface area contributed by atoms with Crippen molar-refractivity contribution < 1.29 is 17.9 Å². The summed E-state index contributed by atoms with van der Waals surface area (Å²) >= 11 is 5.90. The normalized spacial score (nSPS) is 12.4. The number of nitrogens with two attached hydrogens (primary N) is 1. The van der Waals surface area contributed by atoms with E-state index < -0.39 is 12.4 Å². The Morgan fingerprint density at radius 2 is 1.91 bits per heavy atom. The quantitative estimate of drug-likeness (QED) is 0.372. The minimum atomic E-state index is -2.83. The van der Waals surface area contributed by atoms with Crippen molar-refractivity contribution in [1.29, 1.82) is 0 Å². The molecule has 2 N–H and O–H groups in total. The van der Waals surface area contributed by atoms with Crippen molar-refractivity contribution in [2.24, 2.45) is 0 Å². The molecule has 0 saturated carbocycles. The second-order valence-electron chi connectivity index (χ2n) is 7.13. The maximum Gasteiger partial charge on any atom is 0.348 e. The van der Waals surface area contributed by atoms with Gasteiger partial charge >= 0.3 is 6.55 Å². The molecule has 0 aliphatic heterocycles. The Morgan fingerprint density at radius 1 is 1.09 bits per heavy atom. The lowest BCUT2D eigenvalue weighted by Gasteiger charge is -2.17. The van der Waals surface area contributed by atoms with E-state index in [9.17, 15) is 13.2 Å². The molecule has 33 heavy (non-hydrogen) atoms. The molecule has 0 radical (unpaired) electrons. The molecule has 0 spiro atoms. The van der Waals surface area contributed by atoms with Crippen LogP contribution >= 0.6 is 11.6 Å². The Balaban J connectivity index is 1.65. The number of rotatable bonds is 8. The van der Waals surface area contributed by atoms with E-state index in [0.717, 1.165) is 0 Å². The van der Waals surface area contributed by atoms with Gasteiger partial charge in [-0.2, -0.15) is 19.0 Å². The fourth-order valence-electron chi connectivity index (χ4n) is 3.40. The smallest absolute Gasteiger partial charge is 0.348 e. The molecule has 0 aliphatic carbocycles. The predicted octanol–water partition coefficient (Wildman–Crippen LogP) is 4.60. The van der Waals surface area contributed by atoms with Crippen molar-refractivity contribution in [3.63, 3.8) is 0 Å². The average molecular weight is 478 g/mol. The Kier molecular flexibility index (Phi) is 6.61. The van der Waals surface area contributed by atoms with Gasteiger partial charge in [-0.15, -0.1) is 9.90 Å². The zero-order valence-corrected chi connectivity index (χ0v) is 18.1. The molecule has 8 nitrogen and oxygen atoms in total. The number of alkyl halides is 2. The molecule has 0 aliphatic rings. The van der Waals surface area contributed by atoms with E-state index in [1.807, 2.05) is 0 Å². The Morgan fingerprint density at radius 3 is 2.58 bits per heavy atom. The first-order chi connectivity index (χ1) is 15.9. The van der Waals surface area contributed by atoms with Crippen LogP contribution in [0.1, 0.15) is 24.7 Å². The van der Waals surface area contributed by atoms with Gasteiger partial charge in [0, 0.05) is 48.5 Å². The highest BCUT2D eigenvalue weighted by Gasteiger charge is 2.20. The Bertz CT molecular complexity index is 1240. The molecular formula is C21H19ClF3N7O. The van der Waals surface area contributed by atoms with E-state index in [1.165, 1.54) is 30.7 Å². The highest BCUT2D eigenvalue weighted by molar-refractivity contribution is 6.31. The predicted molar refractivity (Wildman–Crippen MR) is 116 cm³/mol. The molecule has 0 fully saturated rings. The Labute approximate surface area is 191 Å². The van der Waals surface area contributed by atoms with E-state index in [1.54, 1.807) is 30.1 Å². The number of aromatic nitrogens is 6. The van der Waals surface area contributed by atoms with Gasteiger partial charge < -0.3 is 10.5 Å². The molecule has 1 unspecified atom stereocenters. The largest absolute Gasteiger partial charge is 0.398 e. The number of ether oxygens (including phenoxy) is 1. The molecule has 12 heteroatoms. The van der Waals surface area contributed by atoms with E-state index in [2.05, 4.69) is 20.3 Å². The van der Waals surface area contributed by atoms with Crippen molar-refractivity contribution >= 4 is 17.3 Å². The zero-order chi connectivity index (χ0) is 23.5. The van der Waals surface area contributed by atoms with Gasteiger partial charge in [0.05, 0.1) is 29.2 Å². The van der Waals surface area contributed by atoms with Crippen molar-refractivity contribution in [1.82, 2.24) is 29.8 Å². The SMILES string of the molecule is COCCC(c1ccc(-c2c(N)ccc(Cl)c2F)cn1)n1cc(-c2cnn(C(F)F)n2)cn1.